The zero-order valence-corrected chi connectivity index (χ0v) is 20.2. The van der Waals surface area contributed by atoms with E-state index < -0.39 is 19.7 Å². The third kappa shape index (κ3) is 4.59. The van der Waals surface area contributed by atoms with Crippen molar-refractivity contribution in [1.82, 2.24) is 4.98 Å². The van der Waals surface area contributed by atoms with Gasteiger partial charge in [0.05, 0.1) is 15.9 Å². The van der Waals surface area contributed by atoms with Crippen LogP contribution < -0.4 is 5.32 Å². The van der Waals surface area contributed by atoms with E-state index >= 15 is 0 Å². The van der Waals surface area contributed by atoms with Crippen LogP contribution in [0.5, 0.6) is 0 Å². The molecule has 2 heterocycles. The zero-order chi connectivity index (χ0) is 22.9. The average molecular weight is 493 g/mol. The van der Waals surface area contributed by atoms with Crippen LogP contribution in [0.3, 0.4) is 0 Å². The molecule has 0 amide bonds. The second-order valence-electron chi connectivity index (χ2n) is 7.76. The minimum absolute atomic E-state index is 0.0517. The monoisotopic (exact) mass is 492 g/mol. The molecule has 1 aromatic heterocycles. The molecule has 1 saturated heterocycles. The van der Waals surface area contributed by atoms with E-state index in [9.17, 15) is 16.8 Å². The molecule has 1 aliphatic heterocycles. The summed E-state index contributed by atoms with van der Waals surface area (Å²) in [5, 5.41) is 3.00. The minimum Gasteiger partial charge on any atom is -0.376 e. The summed E-state index contributed by atoms with van der Waals surface area (Å²) in [4.78, 5) is 4.27. The quantitative estimate of drug-likeness (QED) is 0.531. The Balaban J connectivity index is 1.77. The highest BCUT2D eigenvalue weighted by Gasteiger charge is 2.32. The van der Waals surface area contributed by atoms with E-state index in [2.05, 4.69) is 10.3 Å². The maximum Gasteiger partial charge on any atom is 0.233 e. The van der Waals surface area contributed by atoms with E-state index in [1.165, 1.54) is 24.3 Å². The topological polar surface area (TPSA) is 102 Å². The van der Waals surface area contributed by atoms with Crippen molar-refractivity contribution in [2.75, 3.05) is 18.5 Å². The summed E-state index contributed by atoms with van der Waals surface area (Å²) in [7, 11) is -8.00. The molecule has 0 spiro atoms. The van der Waals surface area contributed by atoms with Gasteiger partial charge in [-0.3, -0.25) is 0 Å². The Morgan fingerprint density at radius 3 is 2.03 bits per heavy atom. The van der Waals surface area contributed by atoms with Gasteiger partial charge in [0.2, 0.25) is 24.0 Å². The third-order valence-electron chi connectivity index (χ3n) is 5.24. The van der Waals surface area contributed by atoms with E-state index in [1.807, 2.05) is 13.8 Å². The van der Waals surface area contributed by atoms with Crippen molar-refractivity contribution in [2.45, 2.75) is 51.9 Å². The second-order valence-corrected chi connectivity index (χ2v) is 12.8. The van der Waals surface area contributed by atoms with Crippen LogP contribution in [0.2, 0.25) is 0 Å². The Bertz CT molecular complexity index is 1310. The molecular formula is C22H24N2O5S3. The molecule has 1 N–H and O–H groups in total. The van der Waals surface area contributed by atoms with Crippen LogP contribution in [-0.4, -0.2) is 41.1 Å². The van der Waals surface area contributed by atoms with E-state index in [4.69, 9.17) is 4.74 Å². The van der Waals surface area contributed by atoms with Gasteiger partial charge in [-0.25, -0.2) is 21.8 Å². The minimum atomic E-state index is -4.03. The summed E-state index contributed by atoms with van der Waals surface area (Å²) in [5.41, 5.74) is 1.84. The first-order chi connectivity index (χ1) is 15.2. The van der Waals surface area contributed by atoms with Crippen molar-refractivity contribution in [1.29, 1.82) is 0 Å². The van der Waals surface area contributed by atoms with Crippen LogP contribution in [0.1, 0.15) is 24.0 Å². The highest BCUT2D eigenvalue weighted by Crippen LogP contribution is 2.37. The van der Waals surface area contributed by atoms with Crippen molar-refractivity contribution < 1.29 is 21.6 Å². The number of aromatic nitrogens is 1. The summed E-state index contributed by atoms with van der Waals surface area (Å²) in [6.07, 6.45) is 1.75. The molecule has 2 aromatic carbocycles. The fourth-order valence-corrected chi connectivity index (χ4v) is 7.66. The molecule has 1 atom stereocenters. The van der Waals surface area contributed by atoms with Crippen LogP contribution in [0.25, 0.3) is 0 Å². The lowest BCUT2D eigenvalue weighted by molar-refractivity contribution is 0.120. The van der Waals surface area contributed by atoms with Crippen LogP contribution in [0.15, 0.2) is 67.7 Å². The zero-order valence-electron chi connectivity index (χ0n) is 17.7. The summed E-state index contributed by atoms with van der Waals surface area (Å²) in [5.74, 6) is 0. The number of aryl methyl sites for hydroxylation is 2. The van der Waals surface area contributed by atoms with Gasteiger partial charge in [0.25, 0.3) is 0 Å². The molecule has 4 rings (SSSR count). The smallest absolute Gasteiger partial charge is 0.233 e. The number of thiazole rings is 1. The molecular weight excluding hydrogens is 468 g/mol. The summed E-state index contributed by atoms with van der Waals surface area (Å²) in [6, 6.07) is 12.8. The third-order valence-corrected chi connectivity index (χ3v) is 10.2. The standard InChI is InChI=1S/C22H24N2O5S3/c1-15-5-9-18(10-6-15)31(25,26)21-20(23-14-17-4-3-13-29-17)30-22(24-21)32(27,28)19-11-7-16(2)8-12-19/h5-12,17,23H,3-4,13-14H2,1-2H3. The number of rotatable bonds is 7. The highest BCUT2D eigenvalue weighted by atomic mass is 32.2. The van der Waals surface area contributed by atoms with Gasteiger partial charge in [-0.1, -0.05) is 46.7 Å². The van der Waals surface area contributed by atoms with Gasteiger partial charge in [0.15, 0.2) is 5.03 Å². The molecule has 0 aliphatic carbocycles. The molecule has 1 fully saturated rings. The van der Waals surface area contributed by atoms with Gasteiger partial charge in [-0.2, -0.15) is 0 Å². The molecule has 32 heavy (non-hydrogen) atoms. The summed E-state index contributed by atoms with van der Waals surface area (Å²) in [6.45, 7) is 4.76. The van der Waals surface area contributed by atoms with Crippen molar-refractivity contribution in [2.24, 2.45) is 0 Å². The molecule has 7 nitrogen and oxygen atoms in total. The van der Waals surface area contributed by atoms with Crippen LogP contribution in [0, 0.1) is 13.8 Å². The van der Waals surface area contributed by atoms with Crippen LogP contribution in [-0.2, 0) is 24.4 Å². The Labute approximate surface area is 192 Å². The van der Waals surface area contributed by atoms with Gasteiger partial charge in [-0.05, 0) is 51.0 Å². The number of hydrogen-bond acceptors (Lipinski definition) is 8. The van der Waals surface area contributed by atoms with Gasteiger partial charge in [-0.15, -0.1) is 0 Å². The predicted molar refractivity (Wildman–Crippen MR) is 123 cm³/mol. The van der Waals surface area contributed by atoms with Crippen molar-refractivity contribution in [3.63, 3.8) is 0 Å². The van der Waals surface area contributed by atoms with Gasteiger partial charge in [0.1, 0.15) is 5.00 Å². The summed E-state index contributed by atoms with van der Waals surface area (Å²) >= 11 is 0.829. The normalized spacial score (nSPS) is 16.9. The largest absolute Gasteiger partial charge is 0.376 e. The number of benzene rings is 2. The number of hydrogen-bond donors (Lipinski definition) is 1. The molecule has 0 bridgehead atoms. The number of anilines is 1. The molecule has 1 aliphatic rings. The first-order valence-corrected chi connectivity index (χ1v) is 14.0. The van der Waals surface area contributed by atoms with E-state index in [0.29, 0.717) is 13.2 Å². The Morgan fingerprint density at radius 1 is 0.938 bits per heavy atom. The first kappa shape index (κ1) is 22.9. The van der Waals surface area contributed by atoms with Crippen molar-refractivity contribution >= 4 is 36.0 Å². The Kier molecular flexibility index (Phi) is 6.39. The van der Waals surface area contributed by atoms with Crippen molar-refractivity contribution in [3.05, 3.63) is 59.7 Å². The number of ether oxygens (including phenoxy) is 1. The molecule has 0 saturated carbocycles. The van der Waals surface area contributed by atoms with Crippen LogP contribution >= 0.6 is 11.3 Å². The number of sulfone groups is 2. The summed E-state index contributed by atoms with van der Waals surface area (Å²) < 4.78 is 58.4. The van der Waals surface area contributed by atoms with E-state index in [1.54, 1.807) is 24.3 Å². The molecule has 1 unspecified atom stereocenters. The average Bonchev–Trinajstić information content (AvgIpc) is 3.43. The van der Waals surface area contributed by atoms with Gasteiger partial charge in [0, 0.05) is 13.2 Å². The second kappa shape index (κ2) is 8.93. The fraction of sp³-hybridized carbons (Fsp3) is 0.318. The lowest BCUT2D eigenvalue weighted by Gasteiger charge is -2.11. The maximum absolute atomic E-state index is 13.4. The number of nitrogens with one attached hydrogen (secondary N) is 1. The molecule has 10 heteroatoms. The van der Waals surface area contributed by atoms with Crippen LogP contribution in [0.4, 0.5) is 5.00 Å². The van der Waals surface area contributed by atoms with Gasteiger partial charge < -0.3 is 10.1 Å². The lowest BCUT2D eigenvalue weighted by Crippen LogP contribution is -2.19. The molecule has 170 valence electrons. The van der Waals surface area contributed by atoms with Crippen molar-refractivity contribution in [3.8, 4) is 0 Å². The maximum atomic E-state index is 13.4. The molecule has 0 radical (unpaired) electrons. The van der Waals surface area contributed by atoms with E-state index in [0.717, 1.165) is 35.3 Å². The highest BCUT2D eigenvalue weighted by molar-refractivity contribution is 7.94. The Morgan fingerprint density at radius 2 is 1.50 bits per heavy atom. The molecule has 3 aromatic rings. The predicted octanol–water partition coefficient (Wildman–Crippen LogP) is 4.02. The fourth-order valence-electron chi connectivity index (χ4n) is 3.36. The number of nitrogens with zero attached hydrogens (tertiary/aromatic N) is 1. The lowest BCUT2D eigenvalue weighted by atomic mass is 10.2. The Hall–Kier alpha value is -2.27. The van der Waals surface area contributed by atoms with E-state index in [-0.39, 0.29) is 30.3 Å². The SMILES string of the molecule is Cc1ccc(S(=O)(=O)c2nc(S(=O)(=O)c3ccc(C)cc3)c(NCC3CCCO3)s2)cc1. The van der Waals surface area contributed by atoms with Gasteiger partial charge >= 0.3 is 0 Å². The first-order valence-electron chi connectivity index (χ1n) is 10.2.